The van der Waals surface area contributed by atoms with Crippen LogP contribution in [0.4, 0.5) is 11.4 Å². The Balaban J connectivity index is 2.05. The maximum atomic E-state index is 3.26. The van der Waals surface area contributed by atoms with Crippen LogP contribution in [-0.4, -0.2) is 5.25 Å². The molecule has 3 heteroatoms. The van der Waals surface area contributed by atoms with Gasteiger partial charge in [-0.2, -0.15) is 0 Å². The highest BCUT2D eigenvalue weighted by atomic mass is 32.2. The Morgan fingerprint density at radius 3 is 2.22 bits per heavy atom. The smallest absolute Gasteiger partial charge is 0.0675 e. The number of benzene rings is 2. The Kier molecular flexibility index (Phi) is 4.53. The summed E-state index contributed by atoms with van der Waals surface area (Å²) in [5.74, 6) is 0. The first-order valence-corrected chi connectivity index (χ1v) is 6.96. The molecule has 0 aliphatic heterocycles. The van der Waals surface area contributed by atoms with Crippen LogP contribution in [0.3, 0.4) is 0 Å². The first kappa shape index (κ1) is 12.8. The van der Waals surface area contributed by atoms with Crippen LogP contribution in [0.5, 0.6) is 0 Å². The van der Waals surface area contributed by atoms with E-state index in [0.717, 1.165) is 11.4 Å². The molecule has 2 aromatic rings. The number of thioether (sulfide) groups is 1. The standard InChI is InChI=1S/C15H18N2S/c1-12(2)18-15-11-7-6-10-14(15)17-16-13-8-4-3-5-9-13/h3-12,16-17H,1-2H3. The fraction of sp³-hybridized carbons (Fsp3) is 0.200. The molecule has 0 atom stereocenters. The third kappa shape index (κ3) is 3.70. The summed E-state index contributed by atoms with van der Waals surface area (Å²) in [5, 5.41) is 0.574. The predicted molar refractivity (Wildman–Crippen MR) is 81.1 cm³/mol. The minimum Gasteiger partial charge on any atom is -0.301 e. The van der Waals surface area contributed by atoms with Gasteiger partial charge in [-0.05, 0) is 24.3 Å². The first-order chi connectivity index (χ1) is 8.75. The topological polar surface area (TPSA) is 24.1 Å². The number of hydrogen-bond donors (Lipinski definition) is 2. The van der Waals surface area contributed by atoms with Crippen LogP contribution in [0, 0.1) is 0 Å². The number of para-hydroxylation sites is 2. The van der Waals surface area contributed by atoms with Gasteiger partial charge in [0.05, 0.1) is 11.4 Å². The molecule has 0 amide bonds. The SMILES string of the molecule is CC(C)Sc1ccccc1NNc1ccccc1. The lowest BCUT2D eigenvalue weighted by Gasteiger charge is -2.14. The summed E-state index contributed by atoms with van der Waals surface area (Å²) >= 11 is 1.86. The van der Waals surface area contributed by atoms with Crippen LogP contribution in [-0.2, 0) is 0 Å². The summed E-state index contributed by atoms with van der Waals surface area (Å²) in [6.45, 7) is 4.40. The van der Waals surface area contributed by atoms with Crippen molar-refractivity contribution in [2.75, 3.05) is 10.9 Å². The van der Waals surface area contributed by atoms with Crippen molar-refractivity contribution >= 4 is 23.1 Å². The van der Waals surface area contributed by atoms with Gasteiger partial charge in [0.25, 0.3) is 0 Å². The fourth-order valence-electron chi connectivity index (χ4n) is 1.59. The molecular formula is C15H18N2S. The normalized spacial score (nSPS) is 10.4. The van der Waals surface area contributed by atoms with Crippen LogP contribution in [0.2, 0.25) is 0 Å². The van der Waals surface area contributed by atoms with Crippen molar-refractivity contribution < 1.29 is 0 Å². The molecule has 0 unspecified atom stereocenters. The molecule has 0 saturated carbocycles. The molecule has 0 saturated heterocycles. The van der Waals surface area contributed by atoms with E-state index in [0.29, 0.717) is 5.25 Å². The van der Waals surface area contributed by atoms with Crippen LogP contribution < -0.4 is 10.9 Å². The van der Waals surface area contributed by atoms with Crippen molar-refractivity contribution in [3.63, 3.8) is 0 Å². The van der Waals surface area contributed by atoms with Crippen LogP contribution in [0.25, 0.3) is 0 Å². The van der Waals surface area contributed by atoms with Crippen molar-refractivity contribution in [3.8, 4) is 0 Å². The van der Waals surface area contributed by atoms with Gasteiger partial charge in [0.2, 0.25) is 0 Å². The lowest BCUT2D eigenvalue weighted by Crippen LogP contribution is -2.09. The second kappa shape index (κ2) is 6.36. The first-order valence-electron chi connectivity index (χ1n) is 6.08. The minimum atomic E-state index is 0.574. The number of anilines is 2. The number of rotatable bonds is 5. The highest BCUT2D eigenvalue weighted by Gasteiger charge is 2.04. The molecule has 0 fully saturated rings. The van der Waals surface area contributed by atoms with Gasteiger partial charge in [0.1, 0.15) is 0 Å². The molecule has 2 aromatic carbocycles. The summed E-state index contributed by atoms with van der Waals surface area (Å²) in [6.07, 6.45) is 0. The molecule has 0 heterocycles. The lowest BCUT2D eigenvalue weighted by atomic mass is 10.3. The Bertz CT molecular complexity index is 483. The Labute approximate surface area is 113 Å². The molecule has 0 spiro atoms. The van der Waals surface area contributed by atoms with E-state index in [2.05, 4.69) is 42.9 Å². The number of hydrogen-bond acceptors (Lipinski definition) is 3. The van der Waals surface area contributed by atoms with Crippen LogP contribution in [0.1, 0.15) is 13.8 Å². The maximum Gasteiger partial charge on any atom is 0.0675 e. The average Bonchev–Trinajstić information content (AvgIpc) is 2.38. The highest BCUT2D eigenvalue weighted by molar-refractivity contribution is 8.00. The zero-order chi connectivity index (χ0) is 12.8. The van der Waals surface area contributed by atoms with E-state index in [1.54, 1.807) is 0 Å². The number of nitrogens with one attached hydrogen (secondary N) is 2. The molecule has 18 heavy (non-hydrogen) atoms. The van der Waals surface area contributed by atoms with E-state index in [9.17, 15) is 0 Å². The molecule has 94 valence electrons. The third-order valence-electron chi connectivity index (χ3n) is 2.37. The summed E-state index contributed by atoms with van der Waals surface area (Å²) in [6, 6.07) is 18.4. The minimum absolute atomic E-state index is 0.574. The summed E-state index contributed by atoms with van der Waals surface area (Å²) < 4.78 is 0. The van der Waals surface area contributed by atoms with E-state index in [1.807, 2.05) is 48.2 Å². The van der Waals surface area contributed by atoms with Gasteiger partial charge in [0.15, 0.2) is 0 Å². The molecule has 2 N–H and O–H groups in total. The van der Waals surface area contributed by atoms with E-state index >= 15 is 0 Å². The van der Waals surface area contributed by atoms with Gasteiger partial charge in [-0.15, -0.1) is 11.8 Å². The van der Waals surface area contributed by atoms with Crippen LogP contribution in [0.15, 0.2) is 59.5 Å². The van der Waals surface area contributed by atoms with Gasteiger partial charge in [-0.3, -0.25) is 5.43 Å². The van der Waals surface area contributed by atoms with Crippen molar-refractivity contribution in [2.45, 2.75) is 24.0 Å². The molecule has 0 aliphatic rings. The molecular weight excluding hydrogens is 240 g/mol. The second-order valence-corrected chi connectivity index (χ2v) is 5.90. The summed E-state index contributed by atoms with van der Waals surface area (Å²) in [4.78, 5) is 1.26. The Morgan fingerprint density at radius 1 is 0.833 bits per heavy atom. The van der Waals surface area contributed by atoms with Gasteiger partial charge < -0.3 is 5.43 Å². The summed E-state index contributed by atoms with van der Waals surface area (Å²) in [5.41, 5.74) is 8.64. The molecule has 0 bridgehead atoms. The molecule has 2 nitrogen and oxygen atoms in total. The highest BCUT2D eigenvalue weighted by Crippen LogP contribution is 2.30. The average molecular weight is 258 g/mol. The lowest BCUT2D eigenvalue weighted by molar-refractivity contribution is 1.11. The number of hydrazine groups is 1. The van der Waals surface area contributed by atoms with Gasteiger partial charge in [-0.1, -0.05) is 44.2 Å². The second-order valence-electron chi connectivity index (χ2n) is 4.28. The van der Waals surface area contributed by atoms with Crippen LogP contribution >= 0.6 is 11.8 Å². The van der Waals surface area contributed by atoms with Crippen molar-refractivity contribution in [2.24, 2.45) is 0 Å². The zero-order valence-corrected chi connectivity index (χ0v) is 11.5. The third-order valence-corrected chi connectivity index (χ3v) is 3.45. The van der Waals surface area contributed by atoms with E-state index in [-0.39, 0.29) is 0 Å². The van der Waals surface area contributed by atoms with E-state index in [1.165, 1.54) is 4.90 Å². The van der Waals surface area contributed by atoms with Gasteiger partial charge in [0, 0.05) is 10.1 Å². The Hall–Kier alpha value is -1.61. The largest absolute Gasteiger partial charge is 0.301 e. The van der Waals surface area contributed by atoms with E-state index in [4.69, 9.17) is 0 Å². The van der Waals surface area contributed by atoms with Crippen molar-refractivity contribution in [1.82, 2.24) is 0 Å². The predicted octanol–water partition coefficient (Wildman–Crippen LogP) is 4.63. The Morgan fingerprint density at radius 2 is 1.50 bits per heavy atom. The zero-order valence-electron chi connectivity index (χ0n) is 10.7. The van der Waals surface area contributed by atoms with Crippen molar-refractivity contribution in [1.29, 1.82) is 0 Å². The van der Waals surface area contributed by atoms with Gasteiger partial charge >= 0.3 is 0 Å². The molecule has 0 radical (unpaired) electrons. The molecule has 0 aromatic heterocycles. The summed E-state index contributed by atoms with van der Waals surface area (Å²) in [7, 11) is 0. The molecule has 0 aliphatic carbocycles. The quantitative estimate of drug-likeness (QED) is 0.604. The van der Waals surface area contributed by atoms with E-state index < -0.39 is 0 Å². The monoisotopic (exact) mass is 258 g/mol. The molecule has 2 rings (SSSR count). The maximum absolute atomic E-state index is 3.26. The fourth-order valence-corrected chi connectivity index (χ4v) is 2.50. The van der Waals surface area contributed by atoms with Crippen molar-refractivity contribution in [3.05, 3.63) is 54.6 Å². The van der Waals surface area contributed by atoms with Gasteiger partial charge in [-0.25, -0.2) is 0 Å².